The molecule has 5 rings (SSSR count). The van der Waals surface area contributed by atoms with Crippen molar-refractivity contribution >= 4 is 29.2 Å². The Hall–Kier alpha value is -5.31. The van der Waals surface area contributed by atoms with Crippen LogP contribution in [0.4, 0.5) is 11.4 Å². The van der Waals surface area contributed by atoms with Crippen LogP contribution in [-0.4, -0.2) is 29.9 Å². The van der Waals surface area contributed by atoms with Crippen LogP contribution in [0.15, 0.2) is 113 Å². The summed E-state index contributed by atoms with van der Waals surface area (Å²) in [4.78, 5) is 23.0. The fourth-order valence-electron chi connectivity index (χ4n) is 4.40. The third-order valence-electron chi connectivity index (χ3n) is 6.40. The van der Waals surface area contributed by atoms with Gasteiger partial charge >= 0.3 is 0 Å². The number of nitrogens with one attached hydrogen (secondary N) is 1. The molecule has 1 unspecified atom stereocenters. The number of methoxy groups -OCH3 is 1. The first-order chi connectivity index (χ1) is 19.0. The van der Waals surface area contributed by atoms with E-state index in [1.54, 1.807) is 13.2 Å². The van der Waals surface area contributed by atoms with Crippen molar-refractivity contribution in [3.05, 3.63) is 135 Å². The molecule has 1 N–H and O–H groups in total. The summed E-state index contributed by atoms with van der Waals surface area (Å²) in [6.07, 6.45) is 2.23. The van der Waals surface area contributed by atoms with Crippen LogP contribution in [0.2, 0.25) is 0 Å². The number of nitro groups is 1. The molecule has 1 heterocycles. The van der Waals surface area contributed by atoms with E-state index in [-0.39, 0.29) is 17.3 Å². The second kappa shape index (κ2) is 11.4. The van der Waals surface area contributed by atoms with Gasteiger partial charge in [0.05, 0.1) is 35.7 Å². The molecule has 9 heteroatoms. The number of benzene rings is 4. The van der Waals surface area contributed by atoms with Crippen LogP contribution in [0.1, 0.15) is 39.5 Å². The fourth-order valence-corrected chi connectivity index (χ4v) is 4.40. The van der Waals surface area contributed by atoms with E-state index in [4.69, 9.17) is 9.84 Å². The lowest BCUT2D eigenvalue weighted by Crippen LogP contribution is -2.19. The van der Waals surface area contributed by atoms with Gasteiger partial charge in [-0.25, -0.2) is 5.43 Å². The number of para-hydroxylation sites is 1. The number of amides is 1. The van der Waals surface area contributed by atoms with Gasteiger partial charge in [0.1, 0.15) is 11.3 Å². The molecular weight excluding hydrogens is 494 g/mol. The fraction of sp³-hybridized carbons (Fsp3) is 0.100. The molecule has 4 aromatic carbocycles. The molecule has 1 aliphatic heterocycles. The molecule has 9 nitrogen and oxygen atoms in total. The lowest BCUT2D eigenvalue weighted by molar-refractivity contribution is -0.385. The van der Waals surface area contributed by atoms with E-state index in [1.807, 2.05) is 59.6 Å². The SMILES string of the molecule is COc1ccc(C2CC(c3ccccc3)=NN2c2ccc(/C=N/NC(=O)c3ccccc3[N+](=O)[O-])cc2)cc1. The van der Waals surface area contributed by atoms with Crippen molar-refractivity contribution in [3.63, 3.8) is 0 Å². The second-order valence-electron chi connectivity index (χ2n) is 8.82. The maximum absolute atomic E-state index is 12.4. The number of anilines is 1. The van der Waals surface area contributed by atoms with E-state index in [0.717, 1.165) is 40.3 Å². The molecule has 0 aliphatic carbocycles. The molecule has 0 saturated carbocycles. The van der Waals surface area contributed by atoms with Gasteiger partial charge in [0.25, 0.3) is 11.6 Å². The molecule has 1 aliphatic rings. The largest absolute Gasteiger partial charge is 0.497 e. The molecule has 0 fully saturated rings. The Bertz CT molecular complexity index is 1530. The number of nitro benzene ring substituents is 1. The van der Waals surface area contributed by atoms with E-state index < -0.39 is 10.8 Å². The smallest absolute Gasteiger partial charge is 0.282 e. The van der Waals surface area contributed by atoms with Crippen LogP contribution < -0.4 is 15.2 Å². The second-order valence-corrected chi connectivity index (χ2v) is 8.82. The van der Waals surface area contributed by atoms with Crippen molar-refractivity contribution in [2.75, 3.05) is 12.1 Å². The zero-order chi connectivity index (χ0) is 27.2. The van der Waals surface area contributed by atoms with Crippen molar-refractivity contribution in [2.24, 2.45) is 10.2 Å². The average molecular weight is 520 g/mol. The molecule has 0 saturated heterocycles. The zero-order valence-electron chi connectivity index (χ0n) is 21.1. The lowest BCUT2D eigenvalue weighted by Gasteiger charge is -2.24. The maximum atomic E-state index is 12.4. The molecule has 39 heavy (non-hydrogen) atoms. The van der Waals surface area contributed by atoms with E-state index >= 15 is 0 Å². The van der Waals surface area contributed by atoms with Gasteiger partial charge in [-0.15, -0.1) is 0 Å². The number of rotatable bonds is 8. The third kappa shape index (κ3) is 5.67. The van der Waals surface area contributed by atoms with Gasteiger partial charge in [-0.3, -0.25) is 19.9 Å². The predicted octanol–water partition coefficient (Wildman–Crippen LogP) is 5.72. The highest BCUT2D eigenvalue weighted by atomic mass is 16.6. The summed E-state index contributed by atoms with van der Waals surface area (Å²) in [5.74, 6) is 0.141. The van der Waals surface area contributed by atoms with Crippen molar-refractivity contribution in [2.45, 2.75) is 12.5 Å². The molecule has 1 atom stereocenters. The molecule has 1 amide bonds. The van der Waals surface area contributed by atoms with Crippen LogP contribution in [0.3, 0.4) is 0 Å². The third-order valence-corrected chi connectivity index (χ3v) is 6.40. The summed E-state index contributed by atoms with van der Waals surface area (Å²) in [5.41, 5.74) is 6.88. The van der Waals surface area contributed by atoms with Gasteiger partial charge in [0.2, 0.25) is 0 Å². The van der Waals surface area contributed by atoms with Gasteiger partial charge in [-0.05, 0) is 47.0 Å². The molecule has 4 aromatic rings. The Morgan fingerprint density at radius 2 is 1.69 bits per heavy atom. The maximum Gasteiger partial charge on any atom is 0.282 e. The van der Waals surface area contributed by atoms with Crippen LogP contribution in [-0.2, 0) is 0 Å². The molecule has 0 radical (unpaired) electrons. The highest BCUT2D eigenvalue weighted by molar-refractivity contribution is 6.03. The summed E-state index contributed by atoms with van der Waals surface area (Å²) in [7, 11) is 1.65. The highest BCUT2D eigenvalue weighted by Crippen LogP contribution is 2.37. The van der Waals surface area contributed by atoms with Crippen molar-refractivity contribution < 1.29 is 14.5 Å². The van der Waals surface area contributed by atoms with E-state index in [9.17, 15) is 14.9 Å². The number of carbonyl (C=O) groups excluding carboxylic acids is 1. The molecular formula is C30H25N5O4. The van der Waals surface area contributed by atoms with Crippen LogP contribution >= 0.6 is 0 Å². The number of hydrogen-bond acceptors (Lipinski definition) is 7. The quantitative estimate of drug-likeness (QED) is 0.182. The van der Waals surface area contributed by atoms with E-state index in [1.165, 1.54) is 24.4 Å². The zero-order valence-corrected chi connectivity index (χ0v) is 21.1. The Kier molecular flexibility index (Phi) is 7.40. The van der Waals surface area contributed by atoms with Crippen molar-refractivity contribution in [3.8, 4) is 5.75 Å². The topological polar surface area (TPSA) is 109 Å². The predicted molar refractivity (Wildman–Crippen MR) is 150 cm³/mol. The van der Waals surface area contributed by atoms with Gasteiger partial charge in [-0.1, -0.05) is 66.7 Å². The van der Waals surface area contributed by atoms with Gasteiger partial charge in [0, 0.05) is 12.5 Å². The highest BCUT2D eigenvalue weighted by Gasteiger charge is 2.30. The first-order valence-corrected chi connectivity index (χ1v) is 12.3. The number of carbonyl (C=O) groups is 1. The van der Waals surface area contributed by atoms with Crippen LogP contribution in [0.25, 0.3) is 0 Å². The first-order valence-electron chi connectivity index (χ1n) is 12.3. The minimum Gasteiger partial charge on any atom is -0.497 e. The standard InChI is InChI=1S/C30H25N5O4/c1-39-25-17-13-23(14-18-25)29-19-27(22-7-3-2-4-8-22)33-34(29)24-15-11-21(12-16-24)20-31-32-30(36)26-9-5-6-10-28(26)35(37)38/h2-18,20,29H,19H2,1H3,(H,32,36)/b31-20+. The summed E-state index contributed by atoms with van der Waals surface area (Å²) >= 11 is 0. The average Bonchev–Trinajstić information content (AvgIpc) is 3.43. The summed E-state index contributed by atoms with van der Waals surface area (Å²) in [6, 6.07) is 31.5. The van der Waals surface area contributed by atoms with Crippen molar-refractivity contribution in [1.82, 2.24) is 5.43 Å². The molecule has 0 spiro atoms. The van der Waals surface area contributed by atoms with E-state index in [2.05, 4.69) is 34.8 Å². The van der Waals surface area contributed by atoms with Gasteiger partial charge in [0.15, 0.2) is 0 Å². The minimum atomic E-state index is -0.655. The molecule has 0 bridgehead atoms. The summed E-state index contributed by atoms with van der Waals surface area (Å²) < 4.78 is 5.32. The summed E-state index contributed by atoms with van der Waals surface area (Å²) in [6.45, 7) is 0. The Morgan fingerprint density at radius 1 is 1.00 bits per heavy atom. The molecule has 0 aromatic heterocycles. The van der Waals surface area contributed by atoms with Gasteiger partial charge < -0.3 is 4.74 Å². The van der Waals surface area contributed by atoms with Crippen LogP contribution in [0, 0.1) is 10.1 Å². The Morgan fingerprint density at radius 3 is 2.38 bits per heavy atom. The lowest BCUT2D eigenvalue weighted by atomic mass is 9.98. The number of ether oxygens (including phenoxy) is 1. The Balaban J connectivity index is 1.34. The number of hydrazone groups is 2. The first kappa shape index (κ1) is 25.3. The van der Waals surface area contributed by atoms with Gasteiger partial charge in [-0.2, -0.15) is 10.2 Å². The normalized spacial score (nSPS) is 14.7. The summed E-state index contributed by atoms with van der Waals surface area (Å²) in [5, 5.41) is 22.1. The van der Waals surface area contributed by atoms with E-state index in [0.29, 0.717) is 0 Å². The monoisotopic (exact) mass is 519 g/mol. The minimum absolute atomic E-state index is 0.00609. The molecule has 194 valence electrons. The Labute approximate surface area is 225 Å². The van der Waals surface area contributed by atoms with Crippen molar-refractivity contribution in [1.29, 1.82) is 0 Å². The number of hydrogen-bond donors (Lipinski definition) is 1. The van der Waals surface area contributed by atoms with Crippen LogP contribution in [0.5, 0.6) is 5.75 Å². The number of nitrogens with zero attached hydrogens (tertiary/aromatic N) is 4.